The van der Waals surface area contributed by atoms with Crippen molar-refractivity contribution in [2.24, 2.45) is 0 Å². The Balaban J connectivity index is 1.53. The van der Waals surface area contributed by atoms with Crippen molar-refractivity contribution in [3.8, 4) is 5.69 Å². The molecule has 0 radical (unpaired) electrons. The van der Waals surface area contributed by atoms with Crippen molar-refractivity contribution in [1.82, 2.24) is 20.0 Å². The first-order valence-corrected chi connectivity index (χ1v) is 10.7. The number of anilines is 1. The Kier molecular flexibility index (Phi) is 5.85. The number of halogens is 2. The van der Waals surface area contributed by atoms with E-state index in [1.54, 1.807) is 16.8 Å². The van der Waals surface area contributed by atoms with E-state index in [-0.39, 0.29) is 11.6 Å². The van der Waals surface area contributed by atoms with E-state index < -0.39 is 0 Å². The minimum absolute atomic E-state index is 0.256. The third-order valence-electron chi connectivity index (χ3n) is 4.58. The molecule has 9 heteroatoms. The van der Waals surface area contributed by atoms with E-state index in [0.717, 1.165) is 21.8 Å². The maximum atomic E-state index is 12.8. The second-order valence-corrected chi connectivity index (χ2v) is 8.59. The number of nitrogens with one attached hydrogen (secondary N) is 1. The second kappa shape index (κ2) is 8.55. The van der Waals surface area contributed by atoms with E-state index in [1.165, 1.54) is 11.3 Å². The molecule has 152 valence electrons. The van der Waals surface area contributed by atoms with Gasteiger partial charge < -0.3 is 0 Å². The number of carbonyl (C=O) groups excluding carboxylic acids is 1. The number of carbonyl (C=O) groups is 1. The number of para-hydroxylation sites is 1. The predicted octanol–water partition coefficient (Wildman–Crippen LogP) is 5.49. The van der Waals surface area contributed by atoms with Gasteiger partial charge in [0.25, 0.3) is 5.91 Å². The molecule has 0 saturated heterocycles. The Morgan fingerprint density at radius 1 is 1.13 bits per heavy atom. The van der Waals surface area contributed by atoms with Crippen molar-refractivity contribution in [2.75, 3.05) is 5.32 Å². The van der Waals surface area contributed by atoms with Gasteiger partial charge in [-0.05, 0) is 49.7 Å². The van der Waals surface area contributed by atoms with Crippen LogP contribution in [-0.4, -0.2) is 25.9 Å². The topological polar surface area (TPSA) is 72.7 Å². The highest BCUT2D eigenvalue weighted by molar-refractivity contribution is 7.15. The van der Waals surface area contributed by atoms with E-state index >= 15 is 0 Å². The zero-order valence-electron chi connectivity index (χ0n) is 16.2. The van der Waals surface area contributed by atoms with Crippen molar-refractivity contribution < 1.29 is 4.79 Å². The van der Waals surface area contributed by atoms with Gasteiger partial charge in [0.2, 0.25) is 0 Å². The summed E-state index contributed by atoms with van der Waals surface area (Å²) in [5, 5.41) is 12.8. The van der Waals surface area contributed by atoms with Gasteiger partial charge >= 0.3 is 0 Å². The molecule has 0 bridgehead atoms. The molecule has 2 heterocycles. The fourth-order valence-electron chi connectivity index (χ4n) is 3.01. The molecule has 6 nitrogen and oxygen atoms in total. The van der Waals surface area contributed by atoms with Crippen LogP contribution in [0.2, 0.25) is 10.0 Å². The van der Waals surface area contributed by atoms with Gasteiger partial charge in [-0.15, -0.1) is 16.4 Å². The van der Waals surface area contributed by atoms with Crippen LogP contribution in [0.15, 0.2) is 48.5 Å². The molecule has 0 aliphatic rings. The van der Waals surface area contributed by atoms with Gasteiger partial charge in [0.15, 0.2) is 10.8 Å². The van der Waals surface area contributed by atoms with Crippen LogP contribution in [-0.2, 0) is 6.42 Å². The average molecular weight is 458 g/mol. The highest BCUT2D eigenvalue weighted by Gasteiger charge is 2.19. The number of benzene rings is 2. The standard InChI is InChI=1S/C21H17Cl2N5OS/c1-12-18(11-14-10-15(22)8-9-17(14)23)30-21(24-12)25-20(29)19-13(2)28(27-26-19)16-6-4-3-5-7-16/h3-10H,11H2,1-2H3,(H,24,25,29). The fourth-order valence-corrected chi connectivity index (χ4v) is 4.37. The van der Waals surface area contributed by atoms with Crippen molar-refractivity contribution in [3.63, 3.8) is 0 Å². The summed E-state index contributed by atoms with van der Waals surface area (Å²) in [7, 11) is 0. The molecular weight excluding hydrogens is 441 g/mol. The number of aryl methyl sites for hydroxylation is 1. The SMILES string of the molecule is Cc1nc(NC(=O)c2nnn(-c3ccccc3)c2C)sc1Cc1cc(Cl)ccc1Cl. The molecule has 0 fully saturated rings. The Hall–Kier alpha value is -2.74. The molecule has 2 aromatic carbocycles. The highest BCUT2D eigenvalue weighted by Crippen LogP contribution is 2.29. The second-order valence-electron chi connectivity index (χ2n) is 6.67. The number of nitrogens with zero attached hydrogens (tertiary/aromatic N) is 4. The molecule has 0 aliphatic carbocycles. The first kappa shape index (κ1) is 20.5. The minimum atomic E-state index is -0.351. The third-order valence-corrected chi connectivity index (χ3v) is 6.26. The first-order chi connectivity index (χ1) is 14.4. The van der Waals surface area contributed by atoms with E-state index in [4.69, 9.17) is 23.2 Å². The summed E-state index contributed by atoms with van der Waals surface area (Å²) < 4.78 is 1.63. The van der Waals surface area contributed by atoms with Crippen LogP contribution in [0.1, 0.15) is 32.3 Å². The molecular formula is C21H17Cl2N5OS. The fraction of sp³-hybridized carbons (Fsp3) is 0.143. The van der Waals surface area contributed by atoms with Gasteiger partial charge in [0, 0.05) is 21.3 Å². The lowest BCUT2D eigenvalue weighted by atomic mass is 10.1. The van der Waals surface area contributed by atoms with Crippen LogP contribution in [0.25, 0.3) is 5.69 Å². The van der Waals surface area contributed by atoms with Crippen LogP contribution in [0.5, 0.6) is 0 Å². The zero-order chi connectivity index (χ0) is 21.3. The quantitative estimate of drug-likeness (QED) is 0.429. The maximum absolute atomic E-state index is 12.8. The maximum Gasteiger partial charge on any atom is 0.279 e. The molecule has 4 aromatic rings. The number of aromatic nitrogens is 4. The lowest BCUT2D eigenvalue weighted by molar-refractivity contribution is 0.102. The van der Waals surface area contributed by atoms with Gasteiger partial charge in [0.1, 0.15) is 0 Å². The van der Waals surface area contributed by atoms with Crippen LogP contribution in [0.4, 0.5) is 5.13 Å². The molecule has 1 N–H and O–H groups in total. The third kappa shape index (κ3) is 4.23. The van der Waals surface area contributed by atoms with Crippen molar-refractivity contribution in [2.45, 2.75) is 20.3 Å². The Morgan fingerprint density at radius 3 is 2.67 bits per heavy atom. The molecule has 4 rings (SSSR count). The summed E-state index contributed by atoms with van der Waals surface area (Å²) in [4.78, 5) is 18.2. The van der Waals surface area contributed by atoms with Crippen LogP contribution < -0.4 is 5.32 Å². The monoisotopic (exact) mass is 457 g/mol. The lowest BCUT2D eigenvalue weighted by Crippen LogP contribution is -2.14. The molecule has 0 saturated carbocycles. The van der Waals surface area contributed by atoms with Crippen LogP contribution >= 0.6 is 34.5 Å². The van der Waals surface area contributed by atoms with Gasteiger partial charge in [-0.3, -0.25) is 10.1 Å². The lowest BCUT2D eigenvalue weighted by Gasteiger charge is -2.04. The summed E-state index contributed by atoms with van der Waals surface area (Å²) in [5.41, 5.74) is 3.49. The molecule has 0 aliphatic heterocycles. The van der Waals surface area contributed by atoms with Crippen molar-refractivity contribution in [1.29, 1.82) is 0 Å². The molecule has 0 unspecified atom stereocenters. The average Bonchev–Trinajstić information content (AvgIpc) is 3.27. The normalized spacial score (nSPS) is 10.9. The Bertz CT molecular complexity index is 1220. The van der Waals surface area contributed by atoms with Crippen molar-refractivity contribution >= 4 is 45.6 Å². The van der Waals surface area contributed by atoms with Gasteiger partial charge in [0.05, 0.1) is 17.1 Å². The number of rotatable bonds is 5. The predicted molar refractivity (Wildman–Crippen MR) is 120 cm³/mol. The number of amides is 1. The first-order valence-electron chi connectivity index (χ1n) is 9.11. The molecule has 1 amide bonds. The number of hydrogen-bond donors (Lipinski definition) is 1. The minimum Gasteiger partial charge on any atom is -0.296 e. The van der Waals surface area contributed by atoms with Crippen molar-refractivity contribution in [3.05, 3.63) is 86.1 Å². The van der Waals surface area contributed by atoms with E-state index in [0.29, 0.717) is 27.3 Å². The van der Waals surface area contributed by atoms with Gasteiger partial charge in [-0.1, -0.05) is 46.6 Å². The summed E-state index contributed by atoms with van der Waals surface area (Å²) in [6.45, 7) is 3.71. The van der Waals surface area contributed by atoms with E-state index in [2.05, 4.69) is 20.6 Å². The zero-order valence-corrected chi connectivity index (χ0v) is 18.5. The highest BCUT2D eigenvalue weighted by atomic mass is 35.5. The Labute approximate surface area is 187 Å². The molecule has 0 spiro atoms. The summed E-state index contributed by atoms with van der Waals surface area (Å²) in [6, 6.07) is 14.9. The summed E-state index contributed by atoms with van der Waals surface area (Å²) in [6.07, 6.45) is 0.585. The molecule has 0 atom stereocenters. The Morgan fingerprint density at radius 2 is 1.90 bits per heavy atom. The smallest absolute Gasteiger partial charge is 0.279 e. The van der Waals surface area contributed by atoms with Crippen LogP contribution in [0, 0.1) is 13.8 Å². The number of hydrogen-bond acceptors (Lipinski definition) is 5. The van der Waals surface area contributed by atoms with Gasteiger partial charge in [-0.2, -0.15) is 0 Å². The van der Waals surface area contributed by atoms with Gasteiger partial charge in [-0.25, -0.2) is 9.67 Å². The summed E-state index contributed by atoms with van der Waals surface area (Å²) in [5.74, 6) is -0.351. The summed E-state index contributed by atoms with van der Waals surface area (Å²) >= 11 is 13.8. The van der Waals surface area contributed by atoms with E-state index in [9.17, 15) is 4.79 Å². The largest absolute Gasteiger partial charge is 0.296 e. The van der Waals surface area contributed by atoms with E-state index in [1.807, 2.05) is 50.2 Å². The number of thiazole rings is 1. The van der Waals surface area contributed by atoms with Crippen LogP contribution in [0.3, 0.4) is 0 Å². The molecule has 30 heavy (non-hydrogen) atoms. The molecule has 2 aromatic heterocycles.